The minimum Gasteiger partial charge on any atom is -0.390 e. The Labute approximate surface area is 92.3 Å². The van der Waals surface area contributed by atoms with Gasteiger partial charge in [0.05, 0.1) is 12.1 Å². The van der Waals surface area contributed by atoms with Crippen molar-refractivity contribution in [1.82, 2.24) is 0 Å². The summed E-state index contributed by atoms with van der Waals surface area (Å²) >= 11 is 1.64. The van der Waals surface area contributed by atoms with Crippen molar-refractivity contribution < 1.29 is 5.11 Å². The number of fused-ring (bicyclic) bond motifs is 1. The average molecular weight is 222 g/mol. The van der Waals surface area contributed by atoms with Crippen LogP contribution in [-0.4, -0.2) is 17.8 Å². The van der Waals surface area contributed by atoms with Gasteiger partial charge in [0.1, 0.15) is 0 Å². The molecule has 80 valence electrons. The summed E-state index contributed by atoms with van der Waals surface area (Å²) in [5.74, 6) is 0. The van der Waals surface area contributed by atoms with E-state index in [0.717, 1.165) is 10.9 Å². The van der Waals surface area contributed by atoms with Crippen molar-refractivity contribution in [2.24, 2.45) is 11.5 Å². The lowest BCUT2D eigenvalue weighted by atomic mass is 10.0. The molecular weight excluding hydrogens is 208 g/mol. The first-order chi connectivity index (χ1) is 7.24. The monoisotopic (exact) mass is 222 g/mol. The van der Waals surface area contributed by atoms with E-state index in [2.05, 4.69) is 0 Å². The van der Waals surface area contributed by atoms with Crippen LogP contribution in [0, 0.1) is 0 Å². The molecule has 0 aliphatic rings. The van der Waals surface area contributed by atoms with Crippen LogP contribution in [0.3, 0.4) is 0 Å². The Morgan fingerprint density at radius 2 is 2.07 bits per heavy atom. The summed E-state index contributed by atoms with van der Waals surface area (Å²) in [6.45, 7) is 0.186. The molecule has 2 unspecified atom stereocenters. The largest absolute Gasteiger partial charge is 0.390 e. The Hall–Kier alpha value is -0.940. The van der Waals surface area contributed by atoms with Gasteiger partial charge >= 0.3 is 0 Å². The average Bonchev–Trinajstić information content (AvgIpc) is 2.70. The van der Waals surface area contributed by atoms with E-state index >= 15 is 0 Å². The normalized spacial score (nSPS) is 15.4. The molecule has 2 aromatic rings. The minimum absolute atomic E-state index is 0.186. The van der Waals surface area contributed by atoms with Crippen molar-refractivity contribution >= 4 is 21.4 Å². The van der Waals surface area contributed by atoms with Gasteiger partial charge in [-0.2, -0.15) is 0 Å². The van der Waals surface area contributed by atoms with Crippen LogP contribution >= 0.6 is 11.3 Å². The van der Waals surface area contributed by atoms with Gasteiger partial charge in [-0.25, -0.2) is 0 Å². The second-order valence-electron chi connectivity index (χ2n) is 3.52. The van der Waals surface area contributed by atoms with Gasteiger partial charge < -0.3 is 16.6 Å². The van der Waals surface area contributed by atoms with Crippen LogP contribution < -0.4 is 11.5 Å². The van der Waals surface area contributed by atoms with Gasteiger partial charge in [-0.15, -0.1) is 11.3 Å². The molecule has 2 atom stereocenters. The molecule has 0 saturated heterocycles. The zero-order valence-electron chi connectivity index (χ0n) is 8.26. The lowest BCUT2D eigenvalue weighted by Gasteiger charge is -2.16. The van der Waals surface area contributed by atoms with E-state index in [0.29, 0.717) is 0 Å². The lowest BCUT2D eigenvalue weighted by molar-refractivity contribution is 0.153. The molecule has 0 radical (unpaired) electrons. The first kappa shape index (κ1) is 10.6. The summed E-state index contributed by atoms with van der Waals surface area (Å²) in [6, 6.07) is 7.63. The van der Waals surface area contributed by atoms with Crippen LogP contribution in [0.15, 0.2) is 29.6 Å². The Balaban J connectivity index is 2.43. The summed E-state index contributed by atoms with van der Waals surface area (Å²) in [6.07, 6.45) is -0.678. The summed E-state index contributed by atoms with van der Waals surface area (Å²) in [7, 11) is 0. The van der Waals surface area contributed by atoms with E-state index in [1.165, 1.54) is 4.70 Å². The van der Waals surface area contributed by atoms with E-state index in [1.807, 2.05) is 29.6 Å². The van der Waals surface area contributed by atoms with Crippen molar-refractivity contribution in [2.45, 2.75) is 12.1 Å². The standard InChI is InChI=1S/C11H14N2OS/c12-5-9(14)11(13)8-6-15-10-4-2-1-3-7(8)10/h1-4,6,9,11,14H,5,12-13H2. The highest BCUT2D eigenvalue weighted by molar-refractivity contribution is 7.17. The Morgan fingerprint density at radius 3 is 2.80 bits per heavy atom. The third-order valence-electron chi connectivity index (χ3n) is 2.53. The van der Waals surface area contributed by atoms with Gasteiger partial charge in [0.15, 0.2) is 0 Å². The highest BCUT2D eigenvalue weighted by atomic mass is 32.1. The maximum Gasteiger partial charge on any atom is 0.0855 e. The SMILES string of the molecule is NCC(O)C(N)c1csc2ccccc12. The zero-order chi connectivity index (χ0) is 10.8. The van der Waals surface area contributed by atoms with Crippen LogP contribution in [-0.2, 0) is 0 Å². The number of hydrogen-bond donors (Lipinski definition) is 3. The molecule has 2 rings (SSSR count). The molecule has 0 spiro atoms. The van der Waals surface area contributed by atoms with Gasteiger partial charge in [-0.3, -0.25) is 0 Å². The summed E-state index contributed by atoms with van der Waals surface area (Å²) in [4.78, 5) is 0. The van der Waals surface area contributed by atoms with Crippen molar-refractivity contribution in [3.8, 4) is 0 Å². The molecule has 0 amide bonds. The highest BCUT2D eigenvalue weighted by Gasteiger charge is 2.18. The van der Waals surface area contributed by atoms with Gasteiger partial charge in [0.2, 0.25) is 0 Å². The van der Waals surface area contributed by atoms with E-state index in [-0.39, 0.29) is 6.54 Å². The molecule has 4 heteroatoms. The topological polar surface area (TPSA) is 72.3 Å². The molecule has 5 N–H and O–H groups in total. The predicted molar refractivity (Wildman–Crippen MR) is 63.8 cm³/mol. The van der Waals surface area contributed by atoms with Crippen LogP contribution in [0.25, 0.3) is 10.1 Å². The van der Waals surface area contributed by atoms with Crippen LogP contribution in [0.4, 0.5) is 0 Å². The Morgan fingerprint density at radius 1 is 1.33 bits per heavy atom. The summed E-state index contributed by atoms with van der Waals surface area (Å²) in [5, 5.41) is 12.7. The molecule has 0 aliphatic heterocycles. The fourth-order valence-electron chi connectivity index (χ4n) is 1.61. The second kappa shape index (κ2) is 4.28. The number of aliphatic hydroxyl groups is 1. The fourth-order valence-corrected chi connectivity index (χ4v) is 2.62. The molecule has 0 saturated carbocycles. The van der Waals surface area contributed by atoms with Gasteiger partial charge in [-0.05, 0) is 22.4 Å². The molecule has 0 bridgehead atoms. The van der Waals surface area contributed by atoms with Crippen molar-refractivity contribution in [3.63, 3.8) is 0 Å². The first-order valence-corrected chi connectivity index (χ1v) is 5.72. The summed E-state index contributed by atoms with van der Waals surface area (Å²) in [5.41, 5.74) is 12.3. The molecule has 1 heterocycles. The Bertz CT molecular complexity index is 455. The number of benzene rings is 1. The Kier molecular flexibility index (Phi) is 3.02. The van der Waals surface area contributed by atoms with E-state index in [1.54, 1.807) is 11.3 Å². The quantitative estimate of drug-likeness (QED) is 0.731. The zero-order valence-corrected chi connectivity index (χ0v) is 9.08. The van der Waals surface area contributed by atoms with E-state index in [4.69, 9.17) is 11.5 Å². The van der Waals surface area contributed by atoms with Crippen LogP contribution in [0.1, 0.15) is 11.6 Å². The first-order valence-electron chi connectivity index (χ1n) is 4.84. The third-order valence-corrected chi connectivity index (χ3v) is 3.51. The highest BCUT2D eigenvalue weighted by Crippen LogP contribution is 2.30. The maximum atomic E-state index is 9.61. The smallest absolute Gasteiger partial charge is 0.0855 e. The number of thiophene rings is 1. The molecule has 0 fully saturated rings. The second-order valence-corrected chi connectivity index (χ2v) is 4.43. The van der Waals surface area contributed by atoms with Gasteiger partial charge in [0.25, 0.3) is 0 Å². The van der Waals surface area contributed by atoms with E-state index in [9.17, 15) is 5.11 Å². The number of nitrogens with two attached hydrogens (primary N) is 2. The molecule has 3 nitrogen and oxygen atoms in total. The molecular formula is C11H14N2OS. The fraction of sp³-hybridized carbons (Fsp3) is 0.273. The van der Waals surface area contributed by atoms with Crippen molar-refractivity contribution in [2.75, 3.05) is 6.54 Å². The number of rotatable bonds is 3. The summed E-state index contributed by atoms with van der Waals surface area (Å²) < 4.78 is 1.19. The van der Waals surface area contributed by atoms with Gasteiger partial charge in [0, 0.05) is 11.2 Å². The van der Waals surface area contributed by atoms with Crippen LogP contribution in [0.5, 0.6) is 0 Å². The van der Waals surface area contributed by atoms with Crippen LogP contribution in [0.2, 0.25) is 0 Å². The van der Waals surface area contributed by atoms with Crippen molar-refractivity contribution in [1.29, 1.82) is 0 Å². The molecule has 0 aliphatic carbocycles. The van der Waals surface area contributed by atoms with Crippen molar-refractivity contribution in [3.05, 3.63) is 35.2 Å². The molecule has 1 aromatic carbocycles. The molecule has 1 aromatic heterocycles. The minimum atomic E-state index is -0.678. The number of aliphatic hydroxyl groups excluding tert-OH is 1. The van der Waals surface area contributed by atoms with Gasteiger partial charge in [-0.1, -0.05) is 18.2 Å². The molecule has 15 heavy (non-hydrogen) atoms. The number of hydrogen-bond acceptors (Lipinski definition) is 4. The predicted octanol–water partition coefficient (Wildman–Crippen LogP) is 1.22. The maximum absolute atomic E-state index is 9.61. The van der Waals surface area contributed by atoms with E-state index < -0.39 is 12.1 Å². The third kappa shape index (κ3) is 1.89. The lowest BCUT2D eigenvalue weighted by Crippen LogP contribution is -2.32.